The van der Waals surface area contributed by atoms with Crippen LogP contribution >= 0.6 is 0 Å². The van der Waals surface area contributed by atoms with E-state index in [9.17, 15) is 0 Å². The molecule has 10 rings (SSSR count). The minimum Gasteiger partial charge on any atom is -0.316 e. The number of hydrogen-bond donors (Lipinski definition) is 0. The zero-order valence-electron chi connectivity index (χ0n) is 30.0. The van der Waals surface area contributed by atoms with E-state index in [1.807, 2.05) is 73.1 Å². The standard InChI is InChI=1S/C49H35N5/c1-49(2)43-21-18-36(42-31-54(38-24-26-50-27-25-38)45-23-20-35(28-41(42)45)32-12-6-3-7-13-32)29-39(43)40-30-37(19-22-44(40)49)48-52-46(33-14-8-4-9-15-33)51-47(53-48)34-16-10-5-11-17-34/h3-31H,1-2H3. The van der Waals surface area contributed by atoms with Gasteiger partial charge in [-0.3, -0.25) is 4.98 Å². The van der Waals surface area contributed by atoms with E-state index in [4.69, 9.17) is 15.0 Å². The molecule has 0 radical (unpaired) electrons. The maximum atomic E-state index is 5.05. The van der Waals surface area contributed by atoms with Gasteiger partial charge < -0.3 is 4.57 Å². The Bertz CT molecular complexity index is 2770. The van der Waals surface area contributed by atoms with Crippen molar-refractivity contribution in [2.75, 3.05) is 0 Å². The SMILES string of the molecule is CC1(C)c2ccc(-c3nc(-c4ccccc4)nc(-c4ccccc4)n3)cc2-c2cc(-c3cn(-c4ccncc4)c4ccc(-c5ccccc5)cc34)ccc21. The Morgan fingerprint density at radius 3 is 1.52 bits per heavy atom. The summed E-state index contributed by atoms with van der Waals surface area (Å²) in [4.78, 5) is 19.3. The van der Waals surface area contributed by atoms with Gasteiger partial charge in [0.2, 0.25) is 0 Å². The molecule has 6 aromatic carbocycles. The molecule has 9 aromatic rings. The van der Waals surface area contributed by atoms with Crippen LogP contribution in [0.1, 0.15) is 25.0 Å². The summed E-state index contributed by atoms with van der Waals surface area (Å²) in [5.41, 5.74) is 14.7. The minimum atomic E-state index is -0.170. The number of pyridine rings is 1. The summed E-state index contributed by atoms with van der Waals surface area (Å²) in [6, 6.07) is 55.5. The van der Waals surface area contributed by atoms with Gasteiger partial charge in [0, 0.05) is 57.3 Å². The van der Waals surface area contributed by atoms with Crippen LogP contribution in [0, 0.1) is 0 Å². The summed E-state index contributed by atoms with van der Waals surface area (Å²) < 4.78 is 2.28. The molecule has 54 heavy (non-hydrogen) atoms. The maximum absolute atomic E-state index is 5.05. The first-order valence-corrected chi connectivity index (χ1v) is 18.3. The van der Waals surface area contributed by atoms with E-state index in [1.165, 1.54) is 49.9 Å². The average molecular weight is 694 g/mol. The average Bonchev–Trinajstić information content (AvgIpc) is 3.73. The van der Waals surface area contributed by atoms with Gasteiger partial charge in [-0.2, -0.15) is 0 Å². The van der Waals surface area contributed by atoms with Crippen LogP contribution in [0.5, 0.6) is 0 Å². The molecule has 0 unspecified atom stereocenters. The molecule has 0 fully saturated rings. The van der Waals surface area contributed by atoms with Crippen LogP contribution in [-0.4, -0.2) is 24.5 Å². The summed E-state index contributed by atoms with van der Waals surface area (Å²) in [6.07, 6.45) is 5.97. The Hall–Kier alpha value is -6.98. The third-order valence-electron chi connectivity index (χ3n) is 10.8. The Morgan fingerprint density at radius 2 is 0.926 bits per heavy atom. The summed E-state index contributed by atoms with van der Waals surface area (Å²) in [5, 5.41) is 1.20. The van der Waals surface area contributed by atoms with Gasteiger partial charge in [-0.1, -0.05) is 135 Å². The zero-order valence-corrected chi connectivity index (χ0v) is 30.0. The minimum absolute atomic E-state index is 0.170. The van der Waals surface area contributed by atoms with E-state index in [1.54, 1.807) is 0 Å². The lowest BCUT2D eigenvalue weighted by Gasteiger charge is -2.21. The molecule has 1 aliphatic rings. The molecule has 0 bridgehead atoms. The zero-order chi connectivity index (χ0) is 36.2. The van der Waals surface area contributed by atoms with E-state index in [0.29, 0.717) is 17.5 Å². The summed E-state index contributed by atoms with van der Waals surface area (Å²) in [6.45, 7) is 4.64. The number of hydrogen-bond acceptors (Lipinski definition) is 4. The number of fused-ring (bicyclic) bond motifs is 4. The van der Waals surface area contributed by atoms with Gasteiger partial charge in [0.05, 0.1) is 5.52 Å². The third-order valence-corrected chi connectivity index (χ3v) is 10.8. The molecule has 0 aliphatic heterocycles. The van der Waals surface area contributed by atoms with Crippen LogP contribution in [0.15, 0.2) is 176 Å². The highest BCUT2D eigenvalue weighted by molar-refractivity contribution is 6.00. The first kappa shape index (κ1) is 31.7. The number of aromatic nitrogens is 5. The van der Waals surface area contributed by atoms with Gasteiger partial charge in [0.25, 0.3) is 0 Å². The summed E-state index contributed by atoms with van der Waals surface area (Å²) in [7, 11) is 0. The van der Waals surface area contributed by atoms with E-state index < -0.39 is 0 Å². The molecule has 0 atom stereocenters. The fourth-order valence-corrected chi connectivity index (χ4v) is 8.00. The summed E-state index contributed by atoms with van der Waals surface area (Å²) >= 11 is 0. The van der Waals surface area contributed by atoms with Gasteiger partial charge in [0.1, 0.15) is 0 Å². The monoisotopic (exact) mass is 693 g/mol. The van der Waals surface area contributed by atoms with Crippen molar-refractivity contribution < 1.29 is 0 Å². The van der Waals surface area contributed by atoms with Gasteiger partial charge in [-0.05, 0) is 75.3 Å². The lowest BCUT2D eigenvalue weighted by Crippen LogP contribution is -2.14. The lowest BCUT2D eigenvalue weighted by molar-refractivity contribution is 0.660. The second kappa shape index (κ2) is 12.6. The normalized spacial score (nSPS) is 12.8. The van der Waals surface area contributed by atoms with Crippen LogP contribution in [0.3, 0.4) is 0 Å². The molecule has 0 spiro atoms. The van der Waals surface area contributed by atoms with Crippen LogP contribution < -0.4 is 0 Å². The van der Waals surface area contributed by atoms with E-state index in [2.05, 4.69) is 127 Å². The first-order valence-electron chi connectivity index (χ1n) is 18.3. The van der Waals surface area contributed by atoms with Crippen molar-refractivity contribution in [3.63, 3.8) is 0 Å². The third kappa shape index (κ3) is 5.32. The molecule has 0 saturated heterocycles. The molecule has 3 heterocycles. The Morgan fingerprint density at radius 1 is 0.426 bits per heavy atom. The van der Waals surface area contributed by atoms with E-state index in [0.717, 1.165) is 27.9 Å². The van der Waals surface area contributed by atoms with Crippen LogP contribution in [-0.2, 0) is 5.41 Å². The predicted octanol–water partition coefficient (Wildman–Crippen LogP) is 11.9. The van der Waals surface area contributed by atoms with Crippen molar-refractivity contribution in [1.29, 1.82) is 0 Å². The van der Waals surface area contributed by atoms with Crippen molar-refractivity contribution in [1.82, 2.24) is 24.5 Å². The Balaban J connectivity index is 1.14. The van der Waals surface area contributed by atoms with Gasteiger partial charge >= 0.3 is 0 Å². The second-order valence-electron chi connectivity index (χ2n) is 14.4. The quantitative estimate of drug-likeness (QED) is 0.174. The molecule has 5 nitrogen and oxygen atoms in total. The predicted molar refractivity (Wildman–Crippen MR) is 219 cm³/mol. The molecule has 256 valence electrons. The van der Waals surface area contributed by atoms with Gasteiger partial charge in [0.15, 0.2) is 17.5 Å². The highest BCUT2D eigenvalue weighted by Gasteiger charge is 2.36. The van der Waals surface area contributed by atoms with Gasteiger partial charge in [-0.15, -0.1) is 0 Å². The highest BCUT2D eigenvalue weighted by atomic mass is 15.0. The molecule has 1 aliphatic carbocycles. The van der Waals surface area contributed by atoms with Gasteiger partial charge in [-0.25, -0.2) is 15.0 Å². The number of benzene rings is 6. The molecule has 5 heteroatoms. The topological polar surface area (TPSA) is 56.5 Å². The number of rotatable bonds is 6. The molecule has 0 amide bonds. The molecule has 0 N–H and O–H groups in total. The second-order valence-corrected chi connectivity index (χ2v) is 14.4. The molecule has 3 aromatic heterocycles. The number of nitrogens with zero attached hydrogens (tertiary/aromatic N) is 5. The molecule has 0 saturated carbocycles. The van der Waals surface area contributed by atoms with E-state index in [-0.39, 0.29) is 5.41 Å². The van der Waals surface area contributed by atoms with Crippen molar-refractivity contribution >= 4 is 10.9 Å². The molecular formula is C49H35N5. The van der Waals surface area contributed by atoms with Crippen LogP contribution in [0.4, 0.5) is 0 Å². The van der Waals surface area contributed by atoms with Crippen molar-refractivity contribution in [2.24, 2.45) is 0 Å². The van der Waals surface area contributed by atoms with Crippen molar-refractivity contribution in [3.05, 3.63) is 187 Å². The maximum Gasteiger partial charge on any atom is 0.164 e. The lowest BCUT2D eigenvalue weighted by atomic mass is 9.82. The van der Waals surface area contributed by atoms with Crippen LogP contribution in [0.2, 0.25) is 0 Å². The van der Waals surface area contributed by atoms with Crippen molar-refractivity contribution in [3.8, 4) is 73.2 Å². The first-order chi connectivity index (χ1) is 26.5. The molecular weight excluding hydrogens is 659 g/mol. The largest absolute Gasteiger partial charge is 0.316 e. The fraction of sp³-hybridized carbons (Fsp3) is 0.0612. The van der Waals surface area contributed by atoms with Crippen LogP contribution in [0.25, 0.3) is 84.1 Å². The fourth-order valence-electron chi connectivity index (χ4n) is 8.00. The summed E-state index contributed by atoms with van der Waals surface area (Å²) in [5.74, 6) is 1.97. The van der Waals surface area contributed by atoms with E-state index >= 15 is 0 Å². The highest BCUT2D eigenvalue weighted by Crippen LogP contribution is 2.51. The Labute approximate surface area is 314 Å². The Kier molecular flexibility index (Phi) is 7.41. The van der Waals surface area contributed by atoms with Crippen molar-refractivity contribution in [2.45, 2.75) is 19.3 Å². The smallest absolute Gasteiger partial charge is 0.164 e.